The zero-order chi connectivity index (χ0) is 23.1. The molecule has 1 aromatic heterocycles. The zero-order valence-electron chi connectivity index (χ0n) is 16.8. The van der Waals surface area contributed by atoms with Crippen molar-refractivity contribution in [2.75, 3.05) is 22.4 Å². The first kappa shape index (κ1) is 22.4. The van der Waals surface area contributed by atoms with Crippen LogP contribution in [-0.4, -0.2) is 36.3 Å². The molecular formula is C19H19F3N4O4S. The number of nitrogens with zero attached hydrogens (tertiary/aromatic N) is 3. The summed E-state index contributed by atoms with van der Waals surface area (Å²) in [6.07, 6.45) is -3.87. The predicted octanol–water partition coefficient (Wildman–Crippen LogP) is 2.30. The van der Waals surface area contributed by atoms with Crippen molar-refractivity contribution in [3.8, 4) is 0 Å². The average molecular weight is 456 g/mol. The molecule has 0 saturated carbocycles. The normalized spacial score (nSPS) is 12.2. The van der Waals surface area contributed by atoms with Crippen molar-refractivity contribution in [1.82, 2.24) is 9.13 Å². The van der Waals surface area contributed by atoms with Crippen LogP contribution in [0.25, 0.3) is 11.0 Å². The molecular weight excluding hydrogens is 437 g/mol. The molecule has 0 aliphatic rings. The summed E-state index contributed by atoms with van der Waals surface area (Å²) in [6, 6.07) is 8.42. The molecule has 3 rings (SSSR count). The van der Waals surface area contributed by atoms with E-state index in [0.717, 1.165) is 18.4 Å². The highest BCUT2D eigenvalue weighted by Gasteiger charge is 2.32. The maximum absolute atomic E-state index is 13.0. The largest absolute Gasteiger partial charge is 0.416 e. The van der Waals surface area contributed by atoms with E-state index < -0.39 is 34.2 Å². The van der Waals surface area contributed by atoms with E-state index in [1.54, 1.807) is 26.2 Å². The molecule has 0 unspecified atom stereocenters. The topological polar surface area (TPSA) is 93.4 Å². The molecule has 0 bridgehead atoms. The molecule has 3 aromatic rings. The quantitative estimate of drug-likeness (QED) is 0.638. The molecule has 0 fully saturated rings. The van der Waals surface area contributed by atoms with Gasteiger partial charge in [-0.2, -0.15) is 13.2 Å². The lowest BCUT2D eigenvalue weighted by Gasteiger charge is -2.22. The number of carbonyl (C=O) groups excluding carboxylic acids is 1. The van der Waals surface area contributed by atoms with E-state index in [2.05, 4.69) is 5.32 Å². The third-order valence-corrected chi connectivity index (χ3v) is 5.85. The lowest BCUT2D eigenvalue weighted by molar-refractivity contribution is -0.137. The van der Waals surface area contributed by atoms with Crippen LogP contribution < -0.4 is 15.3 Å². The zero-order valence-corrected chi connectivity index (χ0v) is 17.6. The highest BCUT2D eigenvalue weighted by Crippen LogP contribution is 2.32. The standard InChI is InChI=1S/C19H19F3N4O4S/c1-24-15-8-7-13(10-16(15)25(2)18(24)28)23-17(27)11-26(31(3,29)30)14-6-4-5-12(9-14)19(20,21)22/h4-10H,11H2,1-3H3,(H,23,27). The molecule has 1 N–H and O–H groups in total. The molecule has 0 saturated heterocycles. The lowest BCUT2D eigenvalue weighted by Crippen LogP contribution is -2.37. The Bertz CT molecular complexity index is 1330. The molecule has 31 heavy (non-hydrogen) atoms. The van der Waals surface area contributed by atoms with Crippen LogP contribution in [0.1, 0.15) is 5.56 Å². The van der Waals surface area contributed by atoms with E-state index in [-0.39, 0.29) is 11.4 Å². The lowest BCUT2D eigenvalue weighted by atomic mass is 10.2. The van der Waals surface area contributed by atoms with Crippen LogP contribution in [0.3, 0.4) is 0 Å². The second kappa shape index (κ2) is 7.76. The van der Waals surface area contributed by atoms with Crippen molar-refractivity contribution in [3.63, 3.8) is 0 Å². The minimum atomic E-state index is -4.66. The van der Waals surface area contributed by atoms with Gasteiger partial charge in [0, 0.05) is 19.8 Å². The number of benzene rings is 2. The summed E-state index contributed by atoms with van der Waals surface area (Å²) in [5.41, 5.74) is -0.0965. The highest BCUT2D eigenvalue weighted by molar-refractivity contribution is 7.92. The number of rotatable bonds is 5. The molecule has 8 nitrogen and oxygen atoms in total. The Morgan fingerprint density at radius 2 is 1.71 bits per heavy atom. The first-order chi connectivity index (χ1) is 14.3. The Kier molecular flexibility index (Phi) is 5.61. The van der Waals surface area contributed by atoms with Crippen molar-refractivity contribution >= 4 is 38.3 Å². The van der Waals surface area contributed by atoms with Gasteiger partial charge in [0.15, 0.2) is 0 Å². The van der Waals surface area contributed by atoms with Gasteiger partial charge in [-0.15, -0.1) is 0 Å². The molecule has 0 atom stereocenters. The van der Waals surface area contributed by atoms with E-state index in [1.807, 2.05) is 0 Å². The van der Waals surface area contributed by atoms with E-state index >= 15 is 0 Å². The SMILES string of the molecule is Cn1c(=O)n(C)c2cc(NC(=O)CN(c3cccc(C(F)(F)F)c3)S(C)(=O)=O)ccc21. The average Bonchev–Trinajstić information content (AvgIpc) is 2.89. The van der Waals surface area contributed by atoms with Gasteiger partial charge in [-0.1, -0.05) is 6.07 Å². The van der Waals surface area contributed by atoms with Gasteiger partial charge in [-0.25, -0.2) is 13.2 Å². The number of halogens is 3. The number of alkyl halides is 3. The van der Waals surface area contributed by atoms with Gasteiger partial charge in [-0.05, 0) is 36.4 Å². The maximum atomic E-state index is 13.0. The van der Waals surface area contributed by atoms with Crippen molar-refractivity contribution in [2.45, 2.75) is 6.18 Å². The summed E-state index contributed by atoms with van der Waals surface area (Å²) in [4.78, 5) is 24.5. The summed E-state index contributed by atoms with van der Waals surface area (Å²) >= 11 is 0. The van der Waals surface area contributed by atoms with Gasteiger partial charge >= 0.3 is 11.9 Å². The van der Waals surface area contributed by atoms with Gasteiger partial charge in [0.25, 0.3) is 0 Å². The summed E-state index contributed by atoms with van der Waals surface area (Å²) < 4.78 is 66.7. The fraction of sp³-hybridized carbons (Fsp3) is 0.263. The number of aromatic nitrogens is 2. The third kappa shape index (κ3) is 4.58. The summed E-state index contributed by atoms with van der Waals surface area (Å²) in [7, 11) is -0.891. The highest BCUT2D eigenvalue weighted by atomic mass is 32.2. The Balaban J connectivity index is 1.88. The fourth-order valence-corrected chi connectivity index (χ4v) is 4.00. The maximum Gasteiger partial charge on any atom is 0.416 e. The number of imidazole rings is 1. The first-order valence-electron chi connectivity index (χ1n) is 8.89. The predicted molar refractivity (Wildman–Crippen MR) is 110 cm³/mol. The minimum absolute atomic E-state index is 0.258. The number of fused-ring (bicyclic) bond motifs is 1. The van der Waals surface area contributed by atoms with Crippen LogP contribution in [0.5, 0.6) is 0 Å². The minimum Gasteiger partial charge on any atom is -0.324 e. The van der Waals surface area contributed by atoms with E-state index in [4.69, 9.17) is 0 Å². The Morgan fingerprint density at radius 1 is 1.06 bits per heavy atom. The molecule has 0 spiro atoms. The number of hydrogen-bond donors (Lipinski definition) is 1. The molecule has 12 heteroatoms. The van der Waals surface area contributed by atoms with Crippen molar-refractivity contribution in [1.29, 1.82) is 0 Å². The van der Waals surface area contributed by atoms with Crippen LogP contribution in [0.4, 0.5) is 24.5 Å². The number of hydrogen-bond acceptors (Lipinski definition) is 4. The van der Waals surface area contributed by atoms with Crippen LogP contribution in [0.2, 0.25) is 0 Å². The molecule has 0 radical (unpaired) electrons. The van der Waals surface area contributed by atoms with E-state index in [9.17, 15) is 31.2 Å². The van der Waals surface area contributed by atoms with Crippen molar-refractivity contribution < 1.29 is 26.4 Å². The van der Waals surface area contributed by atoms with E-state index in [1.165, 1.54) is 21.3 Å². The van der Waals surface area contributed by atoms with Gasteiger partial charge in [-0.3, -0.25) is 18.2 Å². The van der Waals surface area contributed by atoms with E-state index in [0.29, 0.717) is 27.1 Å². The Labute approximate surface area is 175 Å². The number of sulfonamides is 1. The van der Waals surface area contributed by atoms with Crippen LogP contribution in [-0.2, 0) is 35.1 Å². The molecule has 1 amide bonds. The summed E-state index contributed by atoms with van der Waals surface area (Å²) in [5.74, 6) is -0.761. The first-order valence-corrected chi connectivity index (χ1v) is 10.7. The molecule has 166 valence electrons. The van der Waals surface area contributed by atoms with Crippen LogP contribution in [0.15, 0.2) is 47.3 Å². The molecule has 1 heterocycles. The van der Waals surface area contributed by atoms with Gasteiger partial charge in [0.1, 0.15) is 6.54 Å². The van der Waals surface area contributed by atoms with Gasteiger partial charge in [0.05, 0.1) is 28.5 Å². The fourth-order valence-electron chi connectivity index (χ4n) is 3.15. The number of aryl methyl sites for hydroxylation is 2. The van der Waals surface area contributed by atoms with Crippen LogP contribution in [0, 0.1) is 0 Å². The Hall–Kier alpha value is -3.28. The molecule has 2 aromatic carbocycles. The summed E-state index contributed by atoms with van der Waals surface area (Å²) in [5, 5.41) is 2.52. The van der Waals surface area contributed by atoms with Crippen LogP contribution >= 0.6 is 0 Å². The number of anilines is 2. The number of carbonyl (C=O) groups is 1. The van der Waals surface area contributed by atoms with Gasteiger partial charge < -0.3 is 5.32 Å². The molecule has 0 aliphatic heterocycles. The number of nitrogens with one attached hydrogen (secondary N) is 1. The van der Waals surface area contributed by atoms with Crippen molar-refractivity contribution in [3.05, 3.63) is 58.5 Å². The summed E-state index contributed by atoms with van der Waals surface area (Å²) in [6.45, 7) is -0.730. The second-order valence-electron chi connectivity index (χ2n) is 6.97. The number of amides is 1. The smallest absolute Gasteiger partial charge is 0.324 e. The third-order valence-electron chi connectivity index (χ3n) is 4.70. The monoisotopic (exact) mass is 456 g/mol. The van der Waals surface area contributed by atoms with Gasteiger partial charge in [0.2, 0.25) is 15.9 Å². The second-order valence-corrected chi connectivity index (χ2v) is 8.88. The van der Waals surface area contributed by atoms with Crippen molar-refractivity contribution in [2.24, 2.45) is 14.1 Å². The Morgan fingerprint density at radius 3 is 2.32 bits per heavy atom. The molecule has 0 aliphatic carbocycles.